The van der Waals surface area contributed by atoms with Gasteiger partial charge >= 0.3 is 5.97 Å². The Hall–Kier alpha value is -2.40. The Labute approximate surface area is 233 Å². The maximum atomic E-state index is 13.5. The molecule has 3 aromatic rings. The predicted molar refractivity (Wildman–Crippen MR) is 145 cm³/mol. The normalized spacial score (nSPS) is 14.4. The molecule has 1 heterocycles. The molecule has 0 bridgehead atoms. The lowest BCUT2D eigenvalue weighted by Gasteiger charge is -2.10. The molecule has 0 saturated heterocycles. The smallest absolute Gasteiger partial charge is 0.348 e. The van der Waals surface area contributed by atoms with Gasteiger partial charge < -0.3 is 19.7 Å². The molecule has 0 unspecified atom stereocenters. The summed E-state index contributed by atoms with van der Waals surface area (Å²) >= 11 is 13.2. The van der Waals surface area contributed by atoms with E-state index in [1.807, 2.05) is 0 Å². The second-order valence-electron chi connectivity index (χ2n) is 7.33. The van der Waals surface area contributed by atoms with Crippen LogP contribution < -0.4 is 4.74 Å². The lowest BCUT2D eigenvalue weighted by molar-refractivity contribution is -0.132. The monoisotopic (exact) mass is 726 g/mol. The van der Waals surface area contributed by atoms with Crippen molar-refractivity contribution in [3.63, 3.8) is 0 Å². The maximum absolute atomic E-state index is 13.5. The second kappa shape index (κ2) is 10.3. The Morgan fingerprint density at radius 2 is 1.60 bits per heavy atom. The van der Waals surface area contributed by atoms with Gasteiger partial charge in [0.1, 0.15) is 28.6 Å². The average molecular weight is 730 g/mol. The zero-order valence-corrected chi connectivity index (χ0v) is 24.1. The summed E-state index contributed by atoms with van der Waals surface area (Å²) in [5.41, 5.74) is 1.50. The van der Waals surface area contributed by atoms with Gasteiger partial charge in [0.15, 0.2) is 0 Å². The van der Waals surface area contributed by atoms with Crippen molar-refractivity contribution >= 4 is 87.1 Å². The average Bonchev–Trinajstić information content (AvgIpc) is 3.13. The molecule has 35 heavy (non-hydrogen) atoms. The van der Waals surface area contributed by atoms with Gasteiger partial charge in [-0.25, -0.2) is 4.79 Å². The van der Waals surface area contributed by atoms with Gasteiger partial charge in [-0.05, 0) is 123 Å². The third-order valence-electron chi connectivity index (χ3n) is 5.12. The topological polar surface area (TPSA) is 93.1 Å². The summed E-state index contributed by atoms with van der Waals surface area (Å²) < 4.78 is 12.7. The number of hydrogen-bond acceptors (Lipinski definition) is 6. The van der Waals surface area contributed by atoms with Gasteiger partial charge in [-0.3, -0.25) is 4.79 Å². The summed E-state index contributed by atoms with van der Waals surface area (Å²) in [7, 11) is 1.53. The fourth-order valence-corrected chi connectivity index (χ4v) is 5.60. The van der Waals surface area contributed by atoms with E-state index in [4.69, 9.17) is 9.47 Å². The van der Waals surface area contributed by atoms with Crippen molar-refractivity contribution in [3.8, 4) is 17.2 Å². The largest absolute Gasteiger partial charge is 0.507 e. The number of Topliss-reactive ketones (excluding diaryl/α,β-unsaturated/α-hetero) is 1. The molecule has 3 aromatic carbocycles. The van der Waals surface area contributed by atoms with Crippen LogP contribution in [0, 0.1) is 0 Å². The molecule has 0 fully saturated rings. The van der Waals surface area contributed by atoms with Gasteiger partial charge in [-0.15, -0.1) is 0 Å². The van der Waals surface area contributed by atoms with Crippen molar-refractivity contribution in [2.45, 2.75) is 0 Å². The number of phenols is 2. The van der Waals surface area contributed by atoms with Gasteiger partial charge in [0.25, 0.3) is 0 Å². The van der Waals surface area contributed by atoms with E-state index >= 15 is 0 Å². The minimum atomic E-state index is -0.802. The van der Waals surface area contributed by atoms with E-state index < -0.39 is 11.8 Å². The van der Waals surface area contributed by atoms with E-state index in [0.29, 0.717) is 40.3 Å². The molecule has 1 aliphatic rings. The number of ether oxygens (including phenoxy) is 2. The first kappa shape index (κ1) is 25.7. The first-order valence-electron chi connectivity index (χ1n) is 9.84. The third kappa shape index (κ3) is 5.11. The molecule has 0 spiro atoms. The lowest BCUT2D eigenvalue weighted by Crippen LogP contribution is -2.11. The third-order valence-corrected chi connectivity index (χ3v) is 7.58. The summed E-state index contributed by atoms with van der Waals surface area (Å²) in [6, 6.07) is 12.7. The van der Waals surface area contributed by atoms with E-state index in [1.165, 1.54) is 25.3 Å². The van der Waals surface area contributed by atoms with Gasteiger partial charge in [0.05, 0.1) is 25.0 Å². The highest BCUT2D eigenvalue weighted by atomic mass is 79.9. The molecule has 6 nitrogen and oxygen atoms in total. The number of aromatic hydroxyl groups is 2. The molecular weight excluding hydrogens is 716 g/mol. The van der Waals surface area contributed by atoms with E-state index in [-0.39, 0.29) is 28.4 Å². The number of ketones is 1. The van der Waals surface area contributed by atoms with Crippen LogP contribution in [-0.2, 0) is 9.53 Å². The van der Waals surface area contributed by atoms with E-state index in [9.17, 15) is 19.8 Å². The summed E-state index contributed by atoms with van der Waals surface area (Å²) in [4.78, 5) is 26.5. The van der Waals surface area contributed by atoms with E-state index in [0.717, 1.165) is 0 Å². The fraction of sp³-hybridized carbons (Fsp3) is 0.0400. The molecular formula is C25H14Br4O6. The van der Waals surface area contributed by atoms with Crippen molar-refractivity contribution in [1.82, 2.24) is 0 Å². The van der Waals surface area contributed by atoms with Crippen LogP contribution in [-0.4, -0.2) is 29.1 Å². The Morgan fingerprint density at radius 3 is 2.20 bits per heavy atom. The zero-order chi connectivity index (χ0) is 25.4. The number of carbonyl (C=O) groups excluding carboxylic acids is 2. The Kier molecular flexibility index (Phi) is 7.56. The van der Waals surface area contributed by atoms with Crippen LogP contribution >= 0.6 is 63.7 Å². The summed E-state index contributed by atoms with van der Waals surface area (Å²) in [6.07, 6.45) is 1.60. The van der Waals surface area contributed by atoms with Crippen molar-refractivity contribution < 1.29 is 29.3 Å². The molecule has 10 heteroatoms. The molecule has 0 radical (unpaired) electrons. The van der Waals surface area contributed by atoms with Gasteiger partial charge in [0.2, 0.25) is 5.78 Å². The van der Waals surface area contributed by atoms with Crippen LogP contribution in [0.2, 0.25) is 0 Å². The maximum Gasteiger partial charge on any atom is 0.348 e. The number of cyclic esters (lactones) is 1. The number of carbonyl (C=O) groups is 2. The molecule has 0 amide bonds. The fourth-order valence-electron chi connectivity index (χ4n) is 3.46. The van der Waals surface area contributed by atoms with Crippen LogP contribution in [0.1, 0.15) is 21.5 Å². The quantitative estimate of drug-likeness (QED) is 0.162. The highest BCUT2D eigenvalue weighted by molar-refractivity contribution is 9.11. The molecule has 178 valence electrons. The second-order valence-corrected chi connectivity index (χ2v) is 10.7. The highest BCUT2D eigenvalue weighted by Crippen LogP contribution is 2.41. The minimum Gasteiger partial charge on any atom is -0.507 e. The summed E-state index contributed by atoms with van der Waals surface area (Å²) in [5, 5.41) is 19.8. The van der Waals surface area contributed by atoms with Crippen LogP contribution in [0.15, 0.2) is 77.8 Å². The number of methoxy groups -OCH3 is 1. The van der Waals surface area contributed by atoms with Gasteiger partial charge in [-0.2, -0.15) is 0 Å². The Bertz CT molecular complexity index is 1440. The molecule has 0 saturated carbocycles. The van der Waals surface area contributed by atoms with E-state index in [1.54, 1.807) is 36.4 Å². The molecule has 4 rings (SSSR count). The standard InChI is InChI=1S/C25H14Br4O6/c1-34-19-5-3-12(9-15(19)27)21-20(8-11-6-16(28)24(32)17(29)7-11)35-25(33)22(21)23(31)13-2-4-18(30)14(26)10-13/h2-10,30,32H,1H3/b20-8-. The minimum absolute atomic E-state index is 0.0270. The Balaban J connectivity index is 1.94. The molecule has 1 aliphatic heterocycles. The van der Waals surface area contributed by atoms with Crippen molar-refractivity contribution in [3.05, 3.63) is 94.4 Å². The van der Waals surface area contributed by atoms with Crippen LogP contribution in [0.3, 0.4) is 0 Å². The lowest BCUT2D eigenvalue weighted by atomic mass is 9.93. The van der Waals surface area contributed by atoms with Gasteiger partial charge in [-0.1, -0.05) is 6.07 Å². The Morgan fingerprint density at radius 1 is 0.914 bits per heavy atom. The van der Waals surface area contributed by atoms with Crippen molar-refractivity contribution in [2.75, 3.05) is 7.11 Å². The highest BCUT2D eigenvalue weighted by Gasteiger charge is 2.36. The SMILES string of the molecule is COc1ccc(C2=C(C(=O)c3ccc(O)c(Br)c3)C(=O)O/C2=C\c2cc(Br)c(O)c(Br)c2)cc1Br. The number of allylic oxidation sites excluding steroid dienone is 1. The van der Waals surface area contributed by atoms with E-state index in [2.05, 4.69) is 63.7 Å². The number of benzene rings is 3. The first-order chi connectivity index (χ1) is 16.6. The van der Waals surface area contributed by atoms with Crippen LogP contribution in [0.5, 0.6) is 17.2 Å². The van der Waals surface area contributed by atoms with Crippen LogP contribution in [0.25, 0.3) is 11.6 Å². The first-order valence-corrected chi connectivity index (χ1v) is 13.0. The number of halogens is 4. The molecule has 0 aliphatic carbocycles. The van der Waals surface area contributed by atoms with Crippen LogP contribution in [0.4, 0.5) is 0 Å². The van der Waals surface area contributed by atoms with Crippen molar-refractivity contribution in [2.24, 2.45) is 0 Å². The molecule has 2 N–H and O–H groups in total. The zero-order valence-electron chi connectivity index (χ0n) is 17.7. The molecule has 0 atom stereocenters. The number of rotatable bonds is 5. The van der Waals surface area contributed by atoms with Gasteiger partial charge in [0, 0.05) is 11.1 Å². The summed E-state index contributed by atoms with van der Waals surface area (Å²) in [5.74, 6) is -0.630. The number of phenolic OH excluding ortho intramolecular Hbond substituents is 2. The summed E-state index contributed by atoms with van der Waals surface area (Å²) in [6.45, 7) is 0. The predicted octanol–water partition coefficient (Wildman–Crippen LogP) is 7.39. The molecule has 0 aromatic heterocycles. The number of hydrogen-bond donors (Lipinski definition) is 2. The number of esters is 1. The van der Waals surface area contributed by atoms with Crippen molar-refractivity contribution in [1.29, 1.82) is 0 Å².